The number of rotatable bonds is 7. The molecule has 0 amide bonds. The molecule has 13 heteroatoms. The molecule has 0 aliphatic carbocycles. The topological polar surface area (TPSA) is 151 Å². The number of methoxy groups -OCH3 is 3. The van der Waals surface area contributed by atoms with Crippen LogP contribution < -0.4 is 0 Å². The summed E-state index contributed by atoms with van der Waals surface area (Å²) in [6.45, 7) is 4.09. The van der Waals surface area contributed by atoms with Crippen LogP contribution in [0.3, 0.4) is 0 Å². The molecule has 0 aromatic carbocycles. The molecule has 0 unspecified atom stereocenters. The van der Waals surface area contributed by atoms with Crippen molar-refractivity contribution in [1.82, 2.24) is 0 Å². The summed E-state index contributed by atoms with van der Waals surface area (Å²) in [4.78, 5) is 46.3. The lowest BCUT2D eigenvalue weighted by atomic mass is 9.98. The first kappa shape index (κ1) is 24.2. The monoisotopic (exact) mass is 423 g/mol. The molecule has 165 valence electrons. The smallest absolute Gasteiger partial charge is 0.463 e. The van der Waals surface area contributed by atoms with Gasteiger partial charge >= 0.3 is 24.4 Å². The highest BCUT2D eigenvalue weighted by Crippen LogP contribution is 2.30. The van der Waals surface area contributed by atoms with E-state index in [4.69, 9.17) is 28.4 Å². The lowest BCUT2D eigenvalue weighted by Gasteiger charge is -2.43. The Morgan fingerprint density at radius 3 is 1.76 bits per heavy atom. The zero-order valence-corrected chi connectivity index (χ0v) is 16.3. The molecule has 1 saturated heterocycles. The zero-order chi connectivity index (χ0) is 22.0. The second-order valence-electron chi connectivity index (χ2n) is 5.33. The van der Waals surface area contributed by atoms with Gasteiger partial charge < -0.3 is 42.6 Å². The molecule has 1 rings (SSSR count). The van der Waals surface area contributed by atoms with E-state index in [1.165, 1.54) is 0 Å². The minimum Gasteiger partial charge on any atom is -0.463 e. The predicted octanol–water partition coefficient (Wildman–Crippen LogP) is 0.580. The molecule has 1 radical (unpaired) electrons. The Morgan fingerprint density at radius 1 is 0.828 bits per heavy atom. The van der Waals surface area contributed by atoms with Crippen molar-refractivity contribution in [3.05, 3.63) is 6.92 Å². The standard InChI is InChI=1S/C16H23O13/c1-6-24-13-12(29-16(20)23-5)11(28-15(19)22-4)10(27-14(18)21-3)9(26-13)7-25-8(2)17/h9-13H,1,6-7H2,2-5H3/t9-,10-,11+,12-,13-/m1/s1. The van der Waals surface area contributed by atoms with Gasteiger partial charge in [-0.1, -0.05) is 0 Å². The van der Waals surface area contributed by atoms with Crippen LogP contribution in [0.4, 0.5) is 14.4 Å². The van der Waals surface area contributed by atoms with E-state index < -0.39 is 61.7 Å². The van der Waals surface area contributed by atoms with Crippen LogP contribution in [0.15, 0.2) is 0 Å². The van der Waals surface area contributed by atoms with Gasteiger partial charge in [0.05, 0.1) is 21.3 Å². The normalized spacial score (nSPS) is 25.9. The van der Waals surface area contributed by atoms with E-state index in [2.05, 4.69) is 21.1 Å². The van der Waals surface area contributed by atoms with Gasteiger partial charge in [0.1, 0.15) is 12.7 Å². The average Bonchev–Trinajstić information content (AvgIpc) is 2.70. The molecule has 1 aliphatic heterocycles. The van der Waals surface area contributed by atoms with Crippen LogP contribution in [0.25, 0.3) is 0 Å². The van der Waals surface area contributed by atoms with Crippen molar-refractivity contribution < 1.29 is 61.8 Å². The second-order valence-corrected chi connectivity index (χ2v) is 5.33. The first-order chi connectivity index (χ1) is 13.8. The number of esters is 1. The lowest BCUT2D eigenvalue weighted by molar-refractivity contribution is -0.301. The van der Waals surface area contributed by atoms with Crippen molar-refractivity contribution in [1.29, 1.82) is 0 Å². The fourth-order valence-electron chi connectivity index (χ4n) is 2.34. The van der Waals surface area contributed by atoms with Gasteiger partial charge in [-0.15, -0.1) is 0 Å². The van der Waals surface area contributed by atoms with Crippen LogP contribution in [0, 0.1) is 6.92 Å². The van der Waals surface area contributed by atoms with Gasteiger partial charge in [0, 0.05) is 13.5 Å². The SMILES string of the molecule is [CH2]CO[C@@H]1O[C@H](COC(C)=O)[C@@H](OC(=O)OC)[C@H](OC(=O)OC)[C@H]1OC(=O)OC. The molecule has 5 atom stereocenters. The Morgan fingerprint density at radius 2 is 1.31 bits per heavy atom. The van der Waals surface area contributed by atoms with E-state index in [0.29, 0.717) is 0 Å². The number of carbonyl (C=O) groups excluding carboxylic acids is 4. The van der Waals surface area contributed by atoms with Gasteiger partial charge in [0.2, 0.25) is 0 Å². The van der Waals surface area contributed by atoms with Gasteiger partial charge in [-0.05, 0) is 6.92 Å². The summed E-state index contributed by atoms with van der Waals surface area (Å²) >= 11 is 0. The summed E-state index contributed by atoms with van der Waals surface area (Å²) in [5, 5.41) is 0. The van der Waals surface area contributed by atoms with Crippen LogP contribution in [0.5, 0.6) is 0 Å². The molecule has 1 heterocycles. The van der Waals surface area contributed by atoms with E-state index >= 15 is 0 Å². The molecule has 0 N–H and O–H groups in total. The van der Waals surface area contributed by atoms with E-state index in [1.54, 1.807) is 0 Å². The van der Waals surface area contributed by atoms with Gasteiger partial charge in [-0.25, -0.2) is 14.4 Å². The summed E-state index contributed by atoms with van der Waals surface area (Å²) < 4.78 is 44.4. The summed E-state index contributed by atoms with van der Waals surface area (Å²) in [6.07, 6.45) is -10.5. The quantitative estimate of drug-likeness (QED) is 0.415. The minimum atomic E-state index is -1.51. The zero-order valence-electron chi connectivity index (χ0n) is 16.3. The number of hydrogen-bond acceptors (Lipinski definition) is 13. The highest BCUT2D eigenvalue weighted by molar-refractivity contribution is 5.66. The van der Waals surface area contributed by atoms with Gasteiger partial charge in [-0.2, -0.15) is 0 Å². The van der Waals surface area contributed by atoms with Gasteiger partial charge in [-0.3, -0.25) is 4.79 Å². The fraction of sp³-hybridized carbons (Fsp3) is 0.688. The Hall–Kier alpha value is -2.80. The van der Waals surface area contributed by atoms with Crippen molar-refractivity contribution in [2.45, 2.75) is 37.6 Å². The van der Waals surface area contributed by atoms with Crippen molar-refractivity contribution in [3.8, 4) is 0 Å². The van der Waals surface area contributed by atoms with Crippen molar-refractivity contribution in [2.75, 3.05) is 34.5 Å². The highest BCUT2D eigenvalue weighted by atomic mass is 16.8. The van der Waals surface area contributed by atoms with Crippen LogP contribution in [-0.2, 0) is 47.4 Å². The maximum absolute atomic E-state index is 11.8. The summed E-state index contributed by atoms with van der Waals surface area (Å²) in [6, 6.07) is 0. The Balaban J connectivity index is 3.30. The second kappa shape index (κ2) is 11.9. The maximum atomic E-state index is 11.8. The Kier molecular flexibility index (Phi) is 9.96. The van der Waals surface area contributed by atoms with E-state index in [-0.39, 0.29) is 6.61 Å². The van der Waals surface area contributed by atoms with Gasteiger partial charge in [0.25, 0.3) is 0 Å². The number of carbonyl (C=O) groups is 4. The molecule has 29 heavy (non-hydrogen) atoms. The predicted molar refractivity (Wildman–Crippen MR) is 88.4 cm³/mol. The maximum Gasteiger partial charge on any atom is 0.508 e. The summed E-state index contributed by atoms with van der Waals surface area (Å²) in [7, 11) is 3.13. The Labute approximate surface area is 166 Å². The summed E-state index contributed by atoms with van der Waals surface area (Å²) in [5.41, 5.74) is 0. The number of hydrogen-bond donors (Lipinski definition) is 0. The van der Waals surface area contributed by atoms with E-state index in [1.807, 2.05) is 0 Å². The minimum absolute atomic E-state index is 0.139. The molecule has 0 bridgehead atoms. The molecule has 1 aliphatic rings. The third kappa shape index (κ3) is 7.27. The van der Waals surface area contributed by atoms with E-state index in [0.717, 1.165) is 28.3 Å². The fourth-order valence-corrected chi connectivity index (χ4v) is 2.34. The highest BCUT2D eigenvalue weighted by Gasteiger charge is 2.54. The van der Waals surface area contributed by atoms with Crippen LogP contribution in [0.2, 0.25) is 0 Å². The first-order valence-electron chi connectivity index (χ1n) is 8.20. The third-order valence-electron chi connectivity index (χ3n) is 3.52. The lowest BCUT2D eigenvalue weighted by Crippen LogP contribution is -2.63. The molecular weight excluding hydrogens is 400 g/mol. The van der Waals surface area contributed by atoms with Gasteiger partial charge in [0.15, 0.2) is 24.6 Å². The summed E-state index contributed by atoms with van der Waals surface area (Å²) in [5.74, 6) is -0.654. The Bertz CT molecular complexity index is 577. The van der Waals surface area contributed by atoms with Crippen LogP contribution in [0.1, 0.15) is 6.92 Å². The van der Waals surface area contributed by atoms with Crippen LogP contribution in [-0.4, -0.2) is 89.7 Å². The molecule has 0 aromatic heterocycles. The molecule has 13 nitrogen and oxygen atoms in total. The van der Waals surface area contributed by atoms with Crippen molar-refractivity contribution in [2.24, 2.45) is 0 Å². The van der Waals surface area contributed by atoms with Crippen LogP contribution >= 0.6 is 0 Å². The van der Waals surface area contributed by atoms with E-state index in [9.17, 15) is 19.2 Å². The van der Waals surface area contributed by atoms with Crippen molar-refractivity contribution in [3.63, 3.8) is 0 Å². The third-order valence-corrected chi connectivity index (χ3v) is 3.52. The van der Waals surface area contributed by atoms with Crippen molar-refractivity contribution >= 4 is 24.4 Å². The molecule has 0 aromatic rings. The number of ether oxygens (including phenoxy) is 9. The molecule has 0 saturated carbocycles. The molecular formula is C16H23O13. The first-order valence-corrected chi connectivity index (χ1v) is 8.20. The average molecular weight is 423 g/mol. The molecule has 0 spiro atoms. The largest absolute Gasteiger partial charge is 0.508 e. The molecule has 1 fully saturated rings.